The van der Waals surface area contributed by atoms with Crippen molar-refractivity contribution >= 4 is 17.6 Å². The van der Waals surface area contributed by atoms with E-state index in [-0.39, 0.29) is 18.1 Å². The van der Waals surface area contributed by atoms with E-state index >= 15 is 0 Å². The van der Waals surface area contributed by atoms with Crippen molar-refractivity contribution in [3.8, 4) is 11.1 Å². The summed E-state index contributed by atoms with van der Waals surface area (Å²) < 4.78 is 5.69. The van der Waals surface area contributed by atoms with E-state index < -0.39 is 17.8 Å². The topological polar surface area (TPSA) is 75.6 Å². The van der Waals surface area contributed by atoms with Gasteiger partial charge < -0.3 is 15.2 Å². The van der Waals surface area contributed by atoms with Gasteiger partial charge in [-0.05, 0) is 24.5 Å². The second-order valence-corrected chi connectivity index (χ2v) is 6.58. The molecule has 2 aliphatic heterocycles. The molecule has 2 bridgehead atoms. The minimum absolute atomic E-state index is 0.275. The molecule has 2 aromatic carbocycles. The highest BCUT2D eigenvalue weighted by Gasteiger charge is 2.55. The van der Waals surface area contributed by atoms with Gasteiger partial charge >= 0.3 is 5.97 Å². The predicted octanol–water partition coefficient (Wildman–Crippen LogP) is 3.17. The molecule has 4 rings (SSSR count). The molecule has 0 spiro atoms. The lowest BCUT2D eigenvalue weighted by molar-refractivity contribution is -0.147. The number of aliphatic carboxylic acids is 1. The van der Waals surface area contributed by atoms with E-state index in [1.54, 1.807) is 0 Å². The first-order valence-electron chi connectivity index (χ1n) is 8.49. The van der Waals surface area contributed by atoms with Crippen LogP contribution in [0.1, 0.15) is 12.8 Å². The largest absolute Gasteiger partial charge is 0.481 e. The summed E-state index contributed by atoms with van der Waals surface area (Å²) in [6.45, 7) is 0. The van der Waals surface area contributed by atoms with E-state index in [1.165, 1.54) is 0 Å². The normalized spacial score (nSPS) is 27.2. The molecule has 5 heteroatoms. The Morgan fingerprint density at radius 2 is 1.56 bits per heavy atom. The Bertz CT molecular complexity index is 804. The Labute approximate surface area is 145 Å². The molecule has 5 nitrogen and oxygen atoms in total. The van der Waals surface area contributed by atoms with Crippen LogP contribution in [0.25, 0.3) is 11.1 Å². The smallest absolute Gasteiger partial charge is 0.310 e. The Balaban J connectivity index is 1.61. The van der Waals surface area contributed by atoms with Crippen LogP contribution < -0.4 is 5.32 Å². The van der Waals surface area contributed by atoms with E-state index in [1.807, 2.05) is 54.6 Å². The molecule has 25 heavy (non-hydrogen) atoms. The number of ether oxygens (including phenoxy) is 1. The minimum Gasteiger partial charge on any atom is -0.481 e. The summed E-state index contributed by atoms with van der Waals surface area (Å²) in [5.74, 6) is -2.63. The maximum atomic E-state index is 12.8. The fraction of sp³-hybridized carbons (Fsp3) is 0.300. The summed E-state index contributed by atoms with van der Waals surface area (Å²) in [6, 6.07) is 17.3. The first-order valence-corrected chi connectivity index (χ1v) is 8.49. The maximum absolute atomic E-state index is 12.8. The second-order valence-electron chi connectivity index (χ2n) is 6.58. The van der Waals surface area contributed by atoms with Crippen LogP contribution in [0.5, 0.6) is 0 Å². The average molecular weight is 337 g/mol. The first kappa shape index (κ1) is 15.8. The molecule has 2 aromatic rings. The molecular formula is C20H19NO4. The number of carbonyl (C=O) groups excluding carboxylic acids is 1. The maximum Gasteiger partial charge on any atom is 0.310 e. The van der Waals surface area contributed by atoms with E-state index in [9.17, 15) is 14.7 Å². The van der Waals surface area contributed by atoms with E-state index in [0.717, 1.165) is 17.5 Å². The number of amides is 1. The van der Waals surface area contributed by atoms with Crippen LogP contribution in [0.2, 0.25) is 0 Å². The molecule has 0 aromatic heterocycles. The molecular weight excluding hydrogens is 318 g/mol. The first-order chi connectivity index (χ1) is 12.1. The standard InChI is InChI=1S/C20H19NO4/c22-19(17-15-10-11-16(25-15)18(17)20(23)24)21-14-9-5-4-8-13(14)12-6-2-1-3-7-12/h1-9,15-18H,10-11H2,(H,21,22)(H,23,24)/t15-,16+,17+,18+/m1/s1. The summed E-state index contributed by atoms with van der Waals surface area (Å²) in [4.78, 5) is 24.4. The number of carbonyl (C=O) groups is 2. The third-order valence-electron chi connectivity index (χ3n) is 5.13. The van der Waals surface area contributed by atoms with Gasteiger partial charge in [-0.2, -0.15) is 0 Å². The molecule has 1 amide bonds. The van der Waals surface area contributed by atoms with Gasteiger partial charge in [0.2, 0.25) is 5.91 Å². The molecule has 0 saturated carbocycles. The van der Waals surface area contributed by atoms with Gasteiger partial charge in [-0.1, -0.05) is 48.5 Å². The molecule has 4 atom stereocenters. The highest BCUT2D eigenvalue weighted by Crippen LogP contribution is 2.44. The molecule has 2 fully saturated rings. The monoisotopic (exact) mass is 337 g/mol. The van der Waals surface area contributed by atoms with E-state index in [2.05, 4.69) is 5.32 Å². The fourth-order valence-electron chi connectivity index (χ4n) is 4.00. The van der Waals surface area contributed by atoms with Crippen LogP contribution in [0.4, 0.5) is 5.69 Å². The lowest BCUT2D eigenvalue weighted by Crippen LogP contribution is -2.41. The van der Waals surface area contributed by atoms with Crippen molar-refractivity contribution in [3.63, 3.8) is 0 Å². The lowest BCUT2D eigenvalue weighted by Gasteiger charge is -2.24. The molecule has 0 aliphatic carbocycles. The average Bonchev–Trinajstić information content (AvgIpc) is 3.24. The Kier molecular flexibility index (Phi) is 4.01. The number of nitrogens with one attached hydrogen (secondary N) is 1. The SMILES string of the molecule is O=C(O)[C@@H]1[C@@H](C(=O)Nc2ccccc2-c2ccccc2)[C@H]2CC[C@@H]1O2. The van der Waals surface area contributed by atoms with Crippen LogP contribution >= 0.6 is 0 Å². The van der Waals surface area contributed by atoms with Gasteiger partial charge in [-0.3, -0.25) is 9.59 Å². The number of fused-ring (bicyclic) bond motifs is 2. The summed E-state index contributed by atoms with van der Waals surface area (Å²) >= 11 is 0. The summed E-state index contributed by atoms with van der Waals surface area (Å²) in [7, 11) is 0. The van der Waals surface area contributed by atoms with Crippen molar-refractivity contribution in [3.05, 3.63) is 54.6 Å². The van der Waals surface area contributed by atoms with Gasteiger partial charge in [0, 0.05) is 11.3 Å². The zero-order valence-electron chi connectivity index (χ0n) is 13.6. The Hall–Kier alpha value is -2.66. The minimum atomic E-state index is -0.955. The highest BCUT2D eigenvalue weighted by atomic mass is 16.5. The van der Waals surface area contributed by atoms with Gasteiger partial charge in [0.15, 0.2) is 0 Å². The predicted molar refractivity (Wildman–Crippen MR) is 93.0 cm³/mol. The third kappa shape index (κ3) is 2.81. The quantitative estimate of drug-likeness (QED) is 0.898. The molecule has 2 aliphatic rings. The number of para-hydroxylation sites is 1. The molecule has 128 valence electrons. The van der Waals surface area contributed by atoms with Crippen LogP contribution in [-0.4, -0.2) is 29.2 Å². The number of hydrogen-bond acceptors (Lipinski definition) is 3. The van der Waals surface area contributed by atoms with Crippen molar-refractivity contribution in [1.82, 2.24) is 0 Å². The number of benzene rings is 2. The van der Waals surface area contributed by atoms with E-state index in [4.69, 9.17) is 4.74 Å². The summed E-state index contributed by atoms with van der Waals surface area (Å²) in [5, 5.41) is 12.4. The molecule has 2 saturated heterocycles. The summed E-state index contributed by atoms with van der Waals surface area (Å²) in [5.41, 5.74) is 2.59. The van der Waals surface area contributed by atoms with Crippen molar-refractivity contribution in [1.29, 1.82) is 0 Å². The van der Waals surface area contributed by atoms with Crippen LogP contribution in [-0.2, 0) is 14.3 Å². The van der Waals surface area contributed by atoms with Crippen molar-refractivity contribution in [2.45, 2.75) is 25.0 Å². The fourth-order valence-corrected chi connectivity index (χ4v) is 4.00. The van der Waals surface area contributed by atoms with Crippen molar-refractivity contribution in [2.24, 2.45) is 11.8 Å². The molecule has 2 heterocycles. The Morgan fingerprint density at radius 3 is 2.28 bits per heavy atom. The van der Waals surface area contributed by atoms with Gasteiger partial charge in [0.05, 0.1) is 24.0 Å². The van der Waals surface area contributed by atoms with Gasteiger partial charge in [0.25, 0.3) is 0 Å². The Morgan fingerprint density at radius 1 is 0.920 bits per heavy atom. The van der Waals surface area contributed by atoms with Crippen LogP contribution in [0.15, 0.2) is 54.6 Å². The van der Waals surface area contributed by atoms with Crippen LogP contribution in [0.3, 0.4) is 0 Å². The molecule has 0 unspecified atom stereocenters. The zero-order valence-corrected chi connectivity index (χ0v) is 13.6. The lowest BCUT2D eigenvalue weighted by atomic mass is 9.78. The second kappa shape index (κ2) is 6.33. The molecule has 2 N–H and O–H groups in total. The number of anilines is 1. The van der Waals surface area contributed by atoms with Crippen molar-refractivity contribution < 1.29 is 19.4 Å². The number of rotatable bonds is 4. The molecule has 0 radical (unpaired) electrons. The van der Waals surface area contributed by atoms with E-state index in [0.29, 0.717) is 12.1 Å². The number of carboxylic acid groups (broad SMARTS) is 1. The zero-order chi connectivity index (χ0) is 17.4. The van der Waals surface area contributed by atoms with Crippen LogP contribution in [0, 0.1) is 11.8 Å². The third-order valence-corrected chi connectivity index (χ3v) is 5.13. The van der Waals surface area contributed by atoms with Gasteiger partial charge in [-0.15, -0.1) is 0 Å². The van der Waals surface area contributed by atoms with Crippen molar-refractivity contribution in [2.75, 3.05) is 5.32 Å². The number of hydrogen-bond donors (Lipinski definition) is 2. The highest BCUT2D eigenvalue weighted by molar-refractivity contribution is 5.99. The van der Waals surface area contributed by atoms with Gasteiger partial charge in [0.1, 0.15) is 0 Å². The van der Waals surface area contributed by atoms with Gasteiger partial charge in [-0.25, -0.2) is 0 Å². The summed E-state index contributed by atoms with van der Waals surface area (Å²) in [6.07, 6.45) is 0.816. The number of carboxylic acids is 1.